The molecule has 0 saturated carbocycles. The summed E-state index contributed by atoms with van der Waals surface area (Å²) in [4.78, 5) is 28.8. The maximum absolute atomic E-state index is 13.7. The fourth-order valence-electron chi connectivity index (χ4n) is 3.87. The predicted octanol–water partition coefficient (Wildman–Crippen LogP) is 5.23. The smallest absolute Gasteiger partial charge is 0.260 e. The van der Waals surface area contributed by atoms with Crippen molar-refractivity contribution in [3.63, 3.8) is 0 Å². The van der Waals surface area contributed by atoms with E-state index < -0.39 is 11.6 Å². The van der Waals surface area contributed by atoms with E-state index in [1.54, 1.807) is 4.90 Å². The maximum Gasteiger partial charge on any atom is 0.260 e. The number of fused-ring (bicyclic) bond motifs is 1. The van der Waals surface area contributed by atoms with Crippen LogP contribution in [0.25, 0.3) is 11.6 Å². The van der Waals surface area contributed by atoms with E-state index in [0.717, 1.165) is 22.4 Å². The zero-order chi connectivity index (χ0) is 22.0. The van der Waals surface area contributed by atoms with Gasteiger partial charge in [-0.1, -0.05) is 78.9 Å². The van der Waals surface area contributed by atoms with E-state index >= 15 is 0 Å². The summed E-state index contributed by atoms with van der Waals surface area (Å²) in [5.74, 6) is -0.384. The molecule has 4 nitrogen and oxygen atoms in total. The molecule has 0 radical (unpaired) electrons. The van der Waals surface area contributed by atoms with E-state index in [0.29, 0.717) is 5.57 Å². The number of carbonyl (C=O) groups excluding carboxylic acids is 2. The fourth-order valence-corrected chi connectivity index (χ4v) is 3.87. The molecule has 0 aliphatic carbocycles. The van der Waals surface area contributed by atoms with Gasteiger partial charge >= 0.3 is 0 Å². The van der Waals surface area contributed by atoms with Crippen molar-refractivity contribution in [3.8, 4) is 0 Å². The van der Waals surface area contributed by atoms with Gasteiger partial charge in [0.15, 0.2) is 0 Å². The van der Waals surface area contributed by atoms with Gasteiger partial charge in [-0.05, 0) is 44.0 Å². The first-order valence-corrected chi connectivity index (χ1v) is 10.4. The Morgan fingerprint density at radius 3 is 2.10 bits per heavy atom. The Bertz CT molecular complexity index is 1130. The van der Waals surface area contributed by atoms with Crippen molar-refractivity contribution >= 4 is 29.2 Å². The molecule has 0 bridgehead atoms. The van der Waals surface area contributed by atoms with Crippen LogP contribution in [0.5, 0.6) is 0 Å². The number of anilines is 1. The number of hydrogen-bond donors (Lipinski definition) is 1. The predicted molar refractivity (Wildman–Crippen MR) is 125 cm³/mol. The molecule has 3 aromatic rings. The molecule has 1 atom stereocenters. The van der Waals surface area contributed by atoms with Crippen molar-refractivity contribution in [2.75, 3.05) is 4.90 Å². The van der Waals surface area contributed by atoms with Gasteiger partial charge in [0.2, 0.25) is 5.91 Å². The van der Waals surface area contributed by atoms with Crippen molar-refractivity contribution in [2.45, 2.75) is 32.4 Å². The summed E-state index contributed by atoms with van der Waals surface area (Å²) in [6.45, 7) is 5.81. The number of rotatable bonds is 4. The van der Waals surface area contributed by atoms with Crippen LogP contribution in [0.15, 0.2) is 84.9 Å². The Hall–Kier alpha value is -3.66. The summed E-state index contributed by atoms with van der Waals surface area (Å²) < 4.78 is 0. The Morgan fingerprint density at radius 2 is 1.45 bits per heavy atom. The van der Waals surface area contributed by atoms with Gasteiger partial charge in [0.25, 0.3) is 5.91 Å². The molecular formula is C27H26N2O2. The summed E-state index contributed by atoms with van der Waals surface area (Å²) >= 11 is 0. The zero-order valence-corrected chi connectivity index (χ0v) is 18.0. The summed E-state index contributed by atoms with van der Waals surface area (Å²) in [5.41, 5.74) is 3.46. The van der Waals surface area contributed by atoms with E-state index in [2.05, 4.69) is 5.32 Å². The van der Waals surface area contributed by atoms with Crippen LogP contribution in [0.1, 0.15) is 43.5 Å². The molecule has 1 N–H and O–H groups in total. The number of hydrogen-bond acceptors (Lipinski definition) is 2. The SMILES string of the molecule is CC(C)(C)NC(=O)C(c1ccccc1)N1C(=O)/C(=C\c2ccccc2)c2ccccc21. The molecule has 0 fully saturated rings. The van der Waals surface area contributed by atoms with E-state index in [4.69, 9.17) is 0 Å². The maximum atomic E-state index is 13.7. The zero-order valence-electron chi connectivity index (χ0n) is 18.0. The molecule has 1 aliphatic rings. The minimum atomic E-state index is -0.768. The van der Waals surface area contributed by atoms with Crippen molar-refractivity contribution in [3.05, 3.63) is 102 Å². The minimum absolute atomic E-state index is 0.178. The molecule has 4 rings (SSSR count). The van der Waals surface area contributed by atoms with Gasteiger partial charge in [-0.25, -0.2) is 0 Å². The Morgan fingerprint density at radius 1 is 0.871 bits per heavy atom. The second-order valence-corrected chi connectivity index (χ2v) is 8.71. The van der Waals surface area contributed by atoms with Gasteiger partial charge in [-0.2, -0.15) is 0 Å². The summed E-state index contributed by atoms with van der Waals surface area (Å²) in [5, 5.41) is 3.06. The van der Waals surface area contributed by atoms with E-state index in [9.17, 15) is 9.59 Å². The number of carbonyl (C=O) groups is 2. The third-order valence-corrected chi connectivity index (χ3v) is 5.13. The largest absolute Gasteiger partial charge is 0.349 e. The van der Waals surface area contributed by atoms with E-state index in [-0.39, 0.29) is 11.8 Å². The highest BCUT2D eigenvalue weighted by Gasteiger charge is 2.41. The standard InChI is InChI=1S/C27H26N2O2/c1-27(2,3)28-25(30)24(20-14-8-5-9-15-20)29-23-17-11-10-16-21(23)22(26(29)31)18-19-12-6-4-7-13-19/h4-18,24H,1-3H3,(H,28,30)/b22-18-. The van der Waals surface area contributed by atoms with Crippen LogP contribution in [0.2, 0.25) is 0 Å². The van der Waals surface area contributed by atoms with Crippen LogP contribution in [0.3, 0.4) is 0 Å². The monoisotopic (exact) mass is 410 g/mol. The Kier molecular flexibility index (Phi) is 5.47. The van der Waals surface area contributed by atoms with Crippen LogP contribution >= 0.6 is 0 Å². The highest BCUT2D eigenvalue weighted by atomic mass is 16.2. The molecule has 3 aromatic carbocycles. The lowest BCUT2D eigenvalue weighted by Gasteiger charge is -2.31. The normalized spacial score (nSPS) is 15.6. The minimum Gasteiger partial charge on any atom is -0.349 e. The quantitative estimate of drug-likeness (QED) is 0.599. The fraction of sp³-hybridized carbons (Fsp3) is 0.185. The lowest BCUT2D eigenvalue weighted by atomic mass is 10.0. The lowest BCUT2D eigenvalue weighted by Crippen LogP contribution is -2.48. The summed E-state index contributed by atoms with van der Waals surface area (Å²) in [6.07, 6.45) is 1.89. The van der Waals surface area contributed by atoms with Crippen LogP contribution in [-0.2, 0) is 9.59 Å². The molecule has 1 aliphatic heterocycles. The second-order valence-electron chi connectivity index (χ2n) is 8.71. The number of amides is 2. The highest BCUT2D eigenvalue weighted by molar-refractivity contribution is 6.36. The van der Waals surface area contributed by atoms with Crippen molar-refractivity contribution in [2.24, 2.45) is 0 Å². The van der Waals surface area contributed by atoms with Gasteiger partial charge in [0.1, 0.15) is 6.04 Å². The third-order valence-electron chi connectivity index (χ3n) is 5.13. The van der Waals surface area contributed by atoms with Crippen LogP contribution in [0, 0.1) is 0 Å². The van der Waals surface area contributed by atoms with Crippen LogP contribution in [-0.4, -0.2) is 17.4 Å². The lowest BCUT2D eigenvalue weighted by molar-refractivity contribution is -0.126. The number of nitrogens with zero attached hydrogens (tertiary/aromatic N) is 1. The average Bonchev–Trinajstić information content (AvgIpc) is 3.01. The molecule has 2 amide bonds. The Balaban J connectivity index is 1.85. The molecule has 156 valence electrons. The van der Waals surface area contributed by atoms with Gasteiger partial charge in [0, 0.05) is 16.7 Å². The molecule has 0 saturated heterocycles. The average molecular weight is 411 g/mol. The molecule has 0 aromatic heterocycles. The summed E-state index contributed by atoms with van der Waals surface area (Å²) in [7, 11) is 0. The van der Waals surface area contributed by atoms with E-state index in [1.165, 1.54) is 0 Å². The second kappa shape index (κ2) is 8.23. The van der Waals surface area contributed by atoms with Gasteiger partial charge in [-0.3, -0.25) is 14.5 Å². The van der Waals surface area contributed by atoms with E-state index in [1.807, 2.05) is 112 Å². The molecule has 1 unspecified atom stereocenters. The van der Waals surface area contributed by atoms with Gasteiger partial charge < -0.3 is 5.32 Å². The number of nitrogens with one attached hydrogen (secondary N) is 1. The third kappa shape index (κ3) is 4.29. The van der Waals surface area contributed by atoms with Gasteiger partial charge in [-0.15, -0.1) is 0 Å². The number of benzene rings is 3. The van der Waals surface area contributed by atoms with Crippen molar-refractivity contribution in [1.29, 1.82) is 0 Å². The highest BCUT2D eigenvalue weighted by Crippen LogP contribution is 2.42. The van der Waals surface area contributed by atoms with Gasteiger partial charge in [0.05, 0.1) is 5.69 Å². The molecule has 0 spiro atoms. The van der Waals surface area contributed by atoms with Crippen LogP contribution < -0.4 is 10.2 Å². The molecule has 4 heteroatoms. The Labute approximate surface area is 183 Å². The van der Waals surface area contributed by atoms with Crippen LogP contribution in [0.4, 0.5) is 5.69 Å². The van der Waals surface area contributed by atoms with Crippen molar-refractivity contribution in [1.82, 2.24) is 5.32 Å². The molecule has 1 heterocycles. The molecular weight excluding hydrogens is 384 g/mol. The number of para-hydroxylation sites is 1. The summed E-state index contributed by atoms with van der Waals surface area (Å²) in [6, 6.07) is 26.1. The first kappa shape index (κ1) is 20.6. The van der Waals surface area contributed by atoms with Crippen molar-refractivity contribution < 1.29 is 9.59 Å². The topological polar surface area (TPSA) is 49.4 Å². The molecule has 31 heavy (non-hydrogen) atoms. The first-order valence-electron chi connectivity index (χ1n) is 10.4. The first-order chi connectivity index (χ1) is 14.8.